The molecule has 0 aliphatic carbocycles. The molecule has 0 fully saturated rings. The molecule has 2 aromatic rings. The number of nitrogens with zero attached hydrogens (tertiary/aromatic N) is 2. The van der Waals surface area contributed by atoms with Crippen molar-refractivity contribution in [3.05, 3.63) is 65.0 Å². The highest BCUT2D eigenvalue weighted by molar-refractivity contribution is 5.70. The largest absolute Gasteiger partial charge is 0.407 e. The van der Waals surface area contributed by atoms with Gasteiger partial charge >= 0.3 is 6.18 Å². The van der Waals surface area contributed by atoms with Crippen molar-refractivity contribution in [3.8, 4) is 17.2 Å². The SMILES string of the molecule is [C-]#[N+]c1ccc(-c2cccc(C#N)c2)cc1C(F)(F)F. The summed E-state index contributed by atoms with van der Waals surface area (Å²) in [6.45, 7) is 6.79. The van der Waals surface area contributed by atoms with E-state index in [1.807, 2.05) is 6.07 Å². The highest BCUT2D eigenvalue weighted by atomic mass is 19.4. The fourth-order valence-corrected chi connectivity index (χ4v) is 1.81. The summed E-state index contributed by atoms with van der Waals surface area (Å²) in [5.41, 5.74) is -0.205. The number of hydrogen-bond acceptors (Lipinski definition) is 1. The molecule has 2 nitrogen and oxygen atoms in total. The second-order valence-electron chi connectivity index (χ2n) is 4.03. The maximum Gasteiger partial charge on any atom is 0.407 e. The minimum absolute atomic E-state index is 0.321. The number of nitriles is 1. The second-order valence-corrected chi connectivity index (χ2v) is 4.03. The summed E-state index contributed by atoms with van der Waals surface area (Å²) in [5.74, 6) is 0. The van der Waals surface area contributed by atoms with Gasteiger partial charge in [-0.2, -0.15) is 18.4 Å². The Bertz CT molecular complexity index is 734. The van der Waals surface area contributed by atoms with Gasteiger partial charge in [0.15, 0.2) is 5.69 Å². The van der Waals surface area contributed by atoms with E-state index >= 15 is 0 Å². The van der Waals surface area contributed by atoms with Crippen LogP contribution in [0.1, 0.15) is 11.1 Å². The van der Waals surface area contributed by atoms with Gasteiger partial charge in [-0.15, -0.1) is 0 Å². The van der Waals surface area contributed by atoms with Crippen LogP contribution in [0.2, 0.25) is 0 Å². The van der Waals surface area contributed by atoms with Crippen LogP contribution in [0.25, 0.3) is 16.0 Å². The zero-order chi connectivity index (χ0) is 14.8. The van der Waals surface area contributed by atoms with E-state index in [9.17, 15) is 13.2 Å². The number of benzene rings is 2. The Morgan fingerprint density at radius 3 is 2.35 bits per heavy atom. The molecular weight excluding hydrogens is 265 g/mol. The smallest absolute Gasteiger partial charge is 0.238 e. The summed E-state index contributed by atoms with van der Waals surface area (Å²) >= 11 is 0. The average molecular weight is 272 g/mol. The van der Waals surface area contributed by atoms with Gasteiger partial charge in [0.25, 0.3) is 0 Å². The van der Waals surface area contributed by atoms with Crippen molar-refractivity contribution < 1.29 is 13.2 Å². The van der Waals surface area contributed by atoms with E-state index < -0.39 is 17.4 Å². The van der Waals surface area contributed by atoms with Crippen molar-refractivity contribution in [2.75, 3.05) is 0 Å². The number of alkyl halides is 3. The first kappa shape index (κ1) is 13.6. The summed E-state index contributed by atoms with van der Waals surface area (Å²) in [6, 6.07) is 11.8. The van der Waals surface area contributed by atoms with Crippen LogP contribution in [0.4, 0.5) is 18.9 Å². The quantitative estimate of drug-likeness (QED) is 0.685. The lowest BCUT2D eigenvalue weighted by atomic mass is 10.00. The molecule has 20 heavy (non-hydrogen) atoms. The Labute approximate surface area is 113 Å². The molecule has 0 amide bonds. The zero-order valence-corrected chi connectivity index (χ0v) is 10.1. The highest BCUT2D eigenvalue weighted by Gasteiger charge is 2.33. The second kappa shape index (κ2) is 5.07. The molecule has 5 heteroatoms. The molecule has 2 aromatic carbocycles. The molecule has 0 aromatic heterocycles. The zero-order valence-electron chi connectivity index (χ0n) is 10.1. The topological polar surface area (TPSA) is 28.1 Å². The Morgan fingerprint density at radius 1 is 1.05 bits per heavy atom. The van der Waals surface area contributed by atoms with Gasteiger partial charge in [-0.25, -0.2) is 4.85 Å². The third-order valence-electron chi connectivity index (χ3n) is 2.75. The molecule has 0 atom stereocenters. The summed E-state index contributed by atoms with van der Waals surface area (Å²) in [5, 5.41) is 8.81. The number of rotatable bonds is 1. The van der Waals surface area contributed by atoms with Crippen LogP contribution >= 0.6 is 0 Å². The lowest BCUT2D eigenvalue weighted by Gasteiger charge is -2.11. The van der Waals surface area contributed by atoms with E-state index in [1.54, 1.807) is 18.2 Å². The van der Waals surface area contributed by atoms with E-state index in [1.165, 1.54) is 12.1 Å². The molecule has 98 valence electrons. The van der Waals surface area contributed by atoms with Crippen LogP contribution in [0.15, 0.2) is 42.5 Å². The van der Waals surface area contributed by atoms with Crippen molar-refractivity contribution in [3.63, 3.8) is 0 Å². The van der Waals surface area contributed by atoms with Gasteiger partial charge in [0.1, 0.15) is 0 Å². The lowest BCUT2D eigenvalue weighted by Crippen LogP contribution is -2.05. The van der Waals surface area contributed by atoms with E-state index in [0.29, 0.717) is 16.7 Å². The first-order chi connectivity index (χ1) is 9.45. The van der Waals surface area contributed by atoms with Gasteiger partial charge in [-0.05, 0) is 23.3 Å². The van der Waals surface area contributed by atoms with E-state index in [2.05, 4.69) is 4.85 Å². The van der Waals surface area contributed by atoms with Crippen LogP contribution in [0.5, 0.6) is 0 Å². The normalized spacial score (nSPS) is 10.7. The Hall–Kier alpha value is -2.79. The fourth-order valence-electron chi connectivity index (χ4n) is 1.81. The van der Waals surface area contributed by atoms with Crippen LogP contribution in [0, 0.1) is 17.9 Å². The standard InChI is InChI=1S/C15H7F3N2/c1-20-14-6-5-12(8-13(14)15(16,17)18)11-4-2-3-10(7-11)9-19/h2-8H. The molecule has 0 radical (unpaired) electrons. The first-order valence-corrected chi connectivity index (χ1v) is 5.55. The van der Waals surface area contributed by atoms with Gasteiger partial charge in [-0.1, -0.05) is 30.3 Å². The number of hydrogen-bond donors (Lipinski definition) is 0. The predicted octanol–water partition coefficient (Wildman–Crippen LogP) is 4.79. The van der Waals surface area contributed by atoms with Crippen LogP contribution < -0.4 is 0 Å². The highest BCUT2D eigenvalue weighted by Crippen LogP contribution is 2.38. The van der Waals surface area contributed by atoms with E-state index in [4.69, 9.17) is 11.8 Å². The third-order valence-corrected chi connectivity index (χ3v) is 2.75. The predicted molar refractivity (Wildman–Crippen MR) is 67.9 cm³/mol. The van der Waals surface area contributed by atoms with E-state index in [0.717, 1.165) is 12.1 Å². The molecule has 0 spiro atoms. The maximum atomic E-state index is 12.9. The molecule has 0 bridgehead atoms. The molecule has 0 unspecified atom stereocenters. The van der Waals surface area contributed by atoms with Crippen LogP contribution in [-0.4, -0.2) is 0 Å². The van der Waals surface area contributed by atoms with E-state index in [-0.39, 0.29) is 0 Å². The fraction of sp³-hybridized carbons (Fsp3) is 0.0667. The molecule has 0 aliphatic rings. The lowest BCUT2D eigenvalue weighted by molar-refractivity contribution is -0.136. The minimum Gasteiger partial charge on any atom is -0.238 e. The van der Waals surface area contributed by atoms with Gasteiger partial charge < -0.3 is 0 Å². The molecular formula is C15H7F3N2. The molecule has 0 heterocycles. The molecule has 0 saturated heterocycles. The first-order valence-electron chi connectivity index (χ1n) is 5.55. The summed E-state index contributed by atoms with van der Waals surface area (Å²) < 4.78 is 38.6. The monoisotopic (exact) mass is 272 g/mol. The van der Waals surface area contributed by atoms with Crippen molar-refractivity contribution >= 4 is 5.69 Å². The van der Waals surface area contributed by atoms with Crippen LogP contribution in [-0.2, 0) is 6.18 Å². The number of halogens is 3. The van der Waals surface area contributed by atoms with Crippen molar-refractivity contribution in [2.45, 2.75) is 6.18 Å². The van der Waals surface area contributed by atoms with Gasteiger partial charge in [0, 0.05) is 0 Å². The molecule has 0 N–H and O–H groups in total. The molecule has 2 rings (SSSR count). The minimum atomic E-state index is -4.58. The Morgan fingerprint density at radius 2 is 1.75 bits per heavy atom. The van der Waals surface area contributed by atoms with Gasteiger partial charge in [0.2, 0.25) is 0 Å². The third kappa shape index (κ3) is 2.62. The average Bonchev–Trinajstić information content (AvgIpc) is 2.45. The van der Waals surface area contributed by atoms with Gasteiger partial charge in [0.05, 0.1) is 23.8 Å². The Kier molecular flexibility index (Phi) is 3.45. The van der Waals surface area contributed by atoms with Crippen molar-refractivity contribution in [1.82, 2.24) is 0 Å². The van der Waals surface area contributed by atoms with Crippen LogP contribution in [0.3, 0.4) is 0 Å². The van der Waals surface area contributed by atoms with Gasteiger partial charge in [-0.3, -0.25) is 0 Å². The maximum absolute atomic E-state index is 12.9. The molecule has 0 aliphatic heterocycles. The Balaban J connectivity index is 2.60. The molecule has 0 saturated carbocycles. The van der Waals surface area contributed by atoms with Crippen molar-refractivity contribution in [1.29, 1.82) is 5.26 Å². The van der Waals surface area contributed by atoms with Crippen molar-refractivity contribution in [2.24, 2.45) is 0 Å². The summed E-state index contributed by atoms with van der Waals surface area (Å²) in [4.78, 5) is 2.88. The summed E-state index contributed by atoms with van der Waals surface area (Å²) in [6.07, 6.45) is -4.58. The summed E-state index contributed by atoms with van der Waals surface area (Å²) in [7, 11) is 0.